The van der Waals surface area contributed by atoms with Crippen LogP contribution in [0, 0.1) is 11.8 Å². The number of alkyl halides is 3. The summed E-state index contributed by atoms with van der Waals surface area (Å²) in [6.07, 6.45) is 0.852. The lowest BCUT2D eigenvalue weighted by atomic mass is 9.79. The minimum Gasteiger partial charge on any atom is -0.361 e. The predicted molar refractivity (Wildman–Crippen MR) is 133 cm³/mol. The van der Waals surface area contributed by atoms with Gasteiger partial charge >= 0.3 is 6.18 Å². The number of anilines is 2. The van der Waals surface area contributed by atoms with Crippen molar-refractivity contribution >= 4 is 29.1 Å². The van der Waals surface area contributed by atoms with Gasteiger partial charge in [-0.25, -0.2) is 4.98 Å². The summed E-state index contributed by atoms with van der Waals surface area (Å²) in [5.41, 5.74) is 0.256. The molecule has 1 aliphatic heterocycles. The molecule has 2 unspecified atom stereocenters. The number of thiocarbonyl (C=S) groups is 1. The molecule has 0 amide bonds. The molecule has 2 aliphatic rings. The van der Waals surface area contributed by atoms with Crippen molar-refractivity contribution in [1.29, 1.82) is 0 Å². The molecule has 1 aliphatic carbocycles. The Hall–Kier alpha value is -2.42. The van der Waals surface area contributed by atoms with Crippen LogP contribution in [0.3, 0.4) is 0 Å². The number of piperidine rings is 1. The van der Waals surface area contributed by atoms with Crippen LogP contribution in [0.5, 0.6) is 0 Å². The zero-order valence-corrected chi connectivity index (χ0v) is 20.5. The first kappa shape index (κ1) is 24.7. The van der Waals surface area contributed by atoms with Crippen LogP contribution in [0.4, 0.5) is 24.9 Å². The van der Waals surface area contributed by atoms with E-state index < -0.39 is 11.9 Å². The zero-order chi connectivity index (χ0) is 24.3. The second kappa shape index (κ2) is 10.1. The third-order valence-corrected chi connectivity index (χ3v) is 7.20. The molecule has 5 nitrogen and oxygen atoms in total. The summed E-state index contributed by atoms with van der Waals surface area (Å²) in [6.45, 7) is 6.16. The van der Waals surface area contributed by atoms with Crippen molar-refractivity contribution in [1.82, 2.24) is 15.3 Å². The molecular formula is C25H32F3N5S. The first-order valence-electron chi connectivity index (χ1n) is 12.0. The molecule has 0 radical (unpaired) electrons. The average molecular weight is 492 g/mol. The predicted octanol–water partition coefficient (Wildman–Crippen LogP) is 5.78. The fraction of sp³-hybridized carbons (Fsp3) is 0.560. The monoisotopic (exact) mass is 491 g/mol. The molecule has 2 heterocycles. The number of benzene rings is 1. The SMILES string of the molecule is CC1CC(C)CN(c2cc(C(F)(F)F)nc(NC(=S)NCC3(c4ccccc4)CCCC3)n2)C1. The van der Waals surface area contributed by atoms with E-state index in [0.717, 1.165) is 38.2 Å². The largest absolute Gasteiger partial charge is 0.433 e. The molecule has 0 spiro atoms. The summed E-state index contributed by atoms with van der Waals surface area (Å²) in [4.78, 5) is 10.1. The molecule has 34 heavy (non-hydrogen) atoms. The van der Waals surface area contributed by atoms with Gasteiger partial charge in [0, 0.05) is 31.1 Å². The normalized spacial score (nSPS) is 22.4. The Labute approximate surface area is 204 Å². The maximum absolute atomic E-state index is 13.6. The maximum atomic E-state index is 13.6. The summed E-state index contributed by atoms with van der Waals surface area (Å²) in [5, 5.41) is 6.28. The quantitative estimate of drug-likeness (QED) is 0.518. The Balaban J connectivity index is 1.50. The summed E-state index contributed by atoms with van der Waals surface area (Å²) in [5.74, 6) is 0.913. The molecule has 2 atom stereocenters. The van der Waals surface area contributed by atoms with E-state index in [1.807, 2.05) is 23.1 Å². The average Bonchev–Trinajstić information content (AvgIpc) is 3.27. The molecule has 184 valence electrons. The standard InChI is InChI=1S/C25H32F3N5S/c1-17-12-18(2)15-33(14-17)21-13-20(25(26,27)28)30-22(31-21)32-23(34)29-16-24(10-6-7-11-24)19-8-4-3-5-9-19/h3-5,8-9,13,17-18H,6-7,10-12,14-16H2,1-2H3,(H2,29,30,31,32,34). The highest BCUT2D eigenvalue weighted by molar-refractivity contribution is 7.80. The van der Waals surface area contributed by atoms with Crippen LogP contribution in [-0.4, -0.2) is 34.7 Å². The van der Waals surface area contributed by atoms with Crippen LogP contribution < -0.4 is 15.5 Å². The molecule has 0 bridgehead atoms. The Kier molecular flexibility index (Phi) is 7.31. The third kappa shape index (κ3) is 5.79. The van der Waals surface area contributed by atoms with Crippen molar-refractivity contribution in [3.05, 3.63) is 47.7 Å². The summed E-state index contributed by atoms with van der Waals surface area (Å²) >= 11 is 5.45. The van der Waals surface area contributed by atoms with E-state index in [2.05, 4.69) is 46.6 Å². The molecule has 4 rings (SSSR count). The van der Waals surface area contributed by atoms with Gasteiger partial charge in [0.05, 0.1) is 0 Å². The highest BCUT2D eigenvalue weighted by Crippen LogP contribution is 2.40. The first-order chi connectivity index (χ1) is 16.1. The fourth-order valence-corrected chi connectivity index (χ4v) is 5.62. The van der Waals surface area contributed by atoms with Crippen molar-refractivity contribution in [2.75, 3.05) is 29.9 Å². The third-order valence-electron chi connectivity index (χ3n) is 6.96. The van der Waals surface area contributed by atoms with E-state index in [1.54, 1.807) is 0 Å². The van der Waals surface area contributed by atoms with Gasteiger partial charge in [-0.3, -0.25) is 0 Å². The molecule has 2 N–H and O–H groups in total. The van der Waals surface area contributed by atoms with E-state index in [9.17, 15) is 13.2 Å². The van der Waals surface area contributed by atoms with Gasteiger partial charge in [0.1, 0.15) is 5.82 Å². The van der Waals surface area contributed by atoms with E-state index in [1.165, 1.54) is 5.56 Å². The topological polar surface area (TPSA) is 53.1 Å². The number of aromatic nitrogens is 2. The number of hydrogen-bond acceptors (Lipinski definition) is 4. The van der Waals surface area contributed by atoms with Gasteiger partial charge < -0.3 is 15.5 Å². The molecule has 1 saturated carbocycles. The van der Waals surface area contributed by atoms with Gasteiger partial charge in [-0.05, 0) is 48.9 Å². The highest BCUT2D eigenvalue weighted by atomic mass is 32.1. The van der Waals surface area contributed by atoms with Crippen LogP contribution in [0.25, 0.3) is 0 Å². The van der Waals surface area contributed by atoms with E-state index in [4.69, 9.17) is 12.2 Å². The van der Waals surface area contributed by atoms with Gasteiger partial charge in [0.2, 0.25) is 5.95 Å². The lowest BCUT2D eigenvalue weighted by Gasteiger charge is -2.36. The number of nitrogens with one attached hydrogen (secondary N) is 2. The summed E-state index contributed by atoms with van der Waals surface area (Å²) < 4.78 is 40.8. The second-order valence-corrected chi connectivity index (χ2v) is 10.4. The van der Waals surface area contributed by atoms with Gasteiger partial charge in [-0.15, -0.1) is 0 Å². The van der Waals surface area contributed by atoms with E-state index in [0.29, 0.717) is 31.5 Å². The minimum absolute atomic E-state index is 0.0348. The Bertz CT molecular complexity index is 982. The first-order valence-corrected chi connectivity index (χ1v) is 12.4. The smallest absolute Gasteiger partial charge is 0.361 e. The zero-order valence-electron chi connectivity index (χ0n) is 19.7. The molecule has 1 saturated heterocycles. The molecular weight excluding hydrogens is 459 g/mol. The number of nitrogens with zero attached hydrogens (tertiary/aromatic N) is 3. The maximum Gasteiger partial charge on any atom is 0.433 e. The minimum atomic E-state index is -4.57. The van der Waals surface area contributed by atoms with E-state index in [-0.39, 0.29) is 22.3 Å². The lowest BCUT2D eigenvalue weighted by molar-refractivity contribution is -0.141. The van der Waals surface area contributed by atoms with E-state index >= 15 is 0 Å². The molecule has 2 aromatic rings. The Morgan fingerprint density at radius 1 is 1.09 bits per heavy atom. The van der Waals surface area contributed by atoms with Gasteiger partial charge in [-0.2, -0.15) is 18.2 Å². The second-order valence-electron chi connectivity index (χ2n) is 9.94. The van der Waals surface area contributed by atoms with Crippen molar-refractivity contribution in [2.24, 2.45) is 11.8 Å². The highest BCUT2D eigenvalue weighted by Gasteiger charge is 2.36. The molecule has 2 fully saturated rings. The molecule has 1 aromatic heterocycles. The number of rotatable bonds is 5. The Morgan fingerprint density at radius 3 is 2.35 bits per heavy atom. The number of hydrogen-bond donors (Lipinski definition) is 2. The molecule has 9 heteroatoms. The van der Waals surface area contributed by atoms with Crippen LogP contribution in [0.15, 0.2) is 36.4 Å². The van der Waals surface area contributed by atoms with Crippen LogP contribution in [-0.2, 0) is 11.6 Å². The molecule has 1 aromatic carbocycles. The van der Waals surface area contributed by atoms with Crippen molar-refractivity contribution < 1.29 is 13.2 Å². The lowest BCUT2D eigenvalue weighted by Crippen LogP contribution is -2.41. The summed E-state index contributed by atoms with van der Waals surface area (Å²) in [7, 11) is 0. The van der Waals surface area contributed by atoms with Gasteiger partial charge in [0.25, 0.3) is 0 Å². The summed E-state index contributed by atoms with van der Waals surface area (Å²) in [6, 6.07) is 11.4. The van der Waals surface area contributed by atoms with Crippen LogP contribution in [0.2, 0.25) is 0 Å². The van der Waals surface area contributed by atoms with Crippen LogP contribution >= 0.6 is 12.2 Å². The van der Waals surface area contributed by atoms with Crippen molar-refractivity contribution in [3.63, 3.8) is 0 Å². The number of halogens is 3. The van der Waals surface area contributed by atoms with Gasteiger partial charge in [-0.1, -0.05) is 57.0 Å². The van der Waals surface area contributed by atoms with Gasteiger partial charge in [0.15, 0.2) is 10.8 Å². The van der Waals surface area contributed by atoms with Crippen LogP contribution in [0.1, 0.15) is 57.2 Å². The van der Waals surface area contributed by atoms with Crippen molar-refractivity contribution in [3.8, 4) is 0 Å². The van der Waals surface area contributed by atoms with Crippen molar-refractivity contribution in [2.45, 2.75) is 57.5 Å². The Morgan fingerprint density at radius 2 is 1.74 bits per heavy atom. The fourth-order valence-electron chi connectivity index (χ4n) is 5.45.